The molecule has 1 aliphatic rings. The molecule has 9 nitrogen and oxygen atoms in total. The number of hydrogen-bond donors (Lipinski definition) is 2. The van der Waals surface area contributed by atoms with Crippen molar-refractivity contribution in [2.45, 2.75) is 19.4 Å². The number of rotatable bonds is 5. The lowest BCUT2D eigenvalue weighted by atomic mass is 10.1. The Morgan fingerprint density at radius 1 is 1.27 bits per heavy atom. The van der Waals surface area contributed by atoms with Crippen molar-refractivity contribution in [2.75, 3.05) is 37.5 Å². The van der Waals surface area contributed by atoms with Crippen LogP contribution in [-0.4, -0.2) is 58.5 Å². The molecule has 1 amide bonds. The lowest BCUT2D eigenvalue weighted by Gasteiger charge is -2.21. The second kappa shape index (κ2) is 8.28. The molecule has 1 saturated heterocycles. The van der Waals surface area contributed by atoms with Crippen LogP contribution in [0.3, 0.4) is 0 Å². The molecule has 10 heteroatoms. The Hall–Kier alpha value is -3.79. The van der Waals surface area contributed by atoms with Gasteiger partial charge in [0.05, 0.1) is 29.6 Å². The number of nitrogens with one attached hydrogen (secondary N) is 2. The number of carbonyl (C=O) groups is 1. The molecule has 0 saturated carbocycles. The van der Waals surface area contributed by atoms with Crippen molar-refractivity contribution in [2.24, 2.45) is 0 Å². The number of fused-ring (bicyclic) bond motifs is 2. The van der Waals surface area contributed by atoms with Gasteiger partial charge < -0.3 is 24.7 Å². The van der Waals surface area contributed by atoms with Gasteiger partial charge in [-0.25, -0.2) is 14.4 Å². The topological polar surface area (TPSA) is 96.7 Å². The van der Waals surface area contributed by atoms with E-state index in [1.165, 1.54) is 13.2 Å². The molecular weight excluding hydrogens is 425 g/mol. The first-order valence-corrected chi connectivity index (χ1v) is 10.7. The van der Waals surface area contributed by atoms with Gasteiger partial charge in [-0.15, -0.1) is 0 Å². The first kappa shape index (κ1) is 21.1. The number of aromatic nitrogens is 4. The second-order valence-corrected chi connectivity index (χ2v) is 8.12. The van der Waals surface area contributed by atoms with Crippen LogP contribution in [0, 0.1) is 12.7 Å². The number of hydrogen-bond acceptors (Lipinski definition) is 7. The van der Waals surface area contributed by atoms with Gasteiger partial charge in [0.25, 0.3) is 5.91 Å². The Morgan fingerprint density at radius 2 is 2.12 bits per heavy atom. The van der Waals surface area contributed by atoms with E-state index < -0.39 is 11.7 Å². The van der Waals surface area contributed by atoms with Crippen LogP contribution in [0.25, 0.3) is 16.6 Å². The summed E-state index contributed by atoms with van der Waals surface area (Å²) in [5.41, 5.74) is 3.00. The molecule has 1 atom stereocenters. The molecule has 3 aromatic heterocycles. The lowest BCUT2D eigenvalue weighted by Crippen LogP contribution is -2.29. The largest absolute Gasteiger partial charge is 0.467 e. The Kier molecular flexibility index (Phi) is 5.29. The van der Waals surface area contributed by atoms with Gasteiger partial charge in [0, 0.05) is 54.9 Å². The van der Waals surface area contributed by atoms with Crippen molar-refractivity contribution in [3.8, 4) is 6.01 Å². The van der Waals surface area contributed by atoms with E-state index in [2.05, 4.69) is 30.5 Å². The number of methoxy groups -OCH3 is 1. The van der Waals surface area contributed by atoms with Gasteiger partial charge >= 0.3 is 6.01 Å². The van der Waals surface area contributed by atoms with Gasteiger partial charge in [-0.2, -0.15) is 4.98 Å². The fraction of sp³-hybridized carbons (Fsp3) is 0.304. The van der Waals surface area contributed by atoms with Crippen molar-refractivity contribution in [3.05, 3.63) is 53.9 Å². The minimum Gasteiger partial charge on any atom is -0.467 e. The normalized spacial score (nSPS) is 16.0. The Bertz CT molecular complexity index is 1370. The minimum atomic E-state index is -0.516. The van der Waals surface area contributed by atoms with Crippen LogP contribution in [0.5, 0.6) is 6.01 Å². The predicted octanol–water partition coefficient (Wildman–Crippen LogP) is 2.78. The summed E-state index contributed by atoms with van der Waals surface area (Å²) in [6, 6.07) is 5.48. The number of imidazole rings is 1. The summed E-state index contributed by atoms with van der Waals surface area (Å²) in [6.07, 6.45) is 6.04. The van der Waals surface area contributed by atoms with Crippen LogP contribution in [0.4, 0.5) is 15.8 Å². The number of halogens is 1. The number of pyridine rings is 1. The summed E-state index contributed by atoms with van der Waals surface area (Å²) >= 11 is 0. The number of likely N-dealkylation sites (N-methyl/N-ethyl adjacent to an activating group) is 1. The van der Waals surface area contributed by atoms with Gasteiger partial charge in [-0.3, -0.25) is 4.79 Å². The van der Waals surface area contributed by atoms with Crippen molar-refractivity contribution < 1.29 is 13.9 Å². The fourth-order valence-electron chi connectivity index (χ4n) is 4.31. The molecule has 0 spiro atoms. The molecule has 0 bridgehead atoms. The monoisotopic (exact) mass is 449 g/mol. The number of nitrogens with zero attached hydrogens (tertiary/aromatic N) is 5. The van der Waals surface area contributed by atoms with E-state index in [0.29, 0.717) is 28.5 Å². The van der Waals surface area contributed by atoms with Gasteiger partial charge in [-0.05, 0) is 32.5 Å². The number of anilines is 2. The van der Waals surface area contributed by atoms with Crippen LogP contribution in [-0.2, 0) is 0 Å². The summed E-state index contributed by atoms with van der Waals surface area (Å²) in [5.74, 6) is -0.921. The van der Waals surface area contributed by atoms with Crippen LogP contribution in [0.15, 0.2) is 36.8 Å². The standard InChI is InChI=1S/C23H24FN7O2/c1-13-10-31-12-15(8-18(24)21(31)27-13)28-22(32)16-4-5-19(30-7-6-14(11-30)25-2)17-9-26-23(33-3)29-20(16)17/h4-5,8-10,12,14,25H,6-7,11H2,1-3H3,(H,28,32)/t14-/m1/s1. The molecule has 1 aliphatic heterocycles. The molecule has 33 heavy (non-hydrogen) atoms. The van der Waals surface area contributed by atoms with E-state index >= 15 is 0 Å². The highest BCUT2D eigenvalue weighted by Crippen LogP contribution is 2.32. The number of ether oxygens (including phenoxy) is 1. The number of carbonyl (C=O) groups excluding carboxylic acids is 1. The van der Waals surface area contributed by atoms with E-state index in [4.69, 9.17) is 4.74 Å². The zero-order chi connectivity index (χ0) is 23.1. The maximum atomic E-state index is 14.5. The quantitative estimate of drug-likeness (QED) is 0.484. The zero-order valence-corrected chi connectivity index (χ0v) is 18.6. The van der Waals surface area contributed by atoms with Crippen LogP contribution in [0.1, 0.15) is 22.5 Å². The third-order valence-corrected chi connectivity index (χ3v) is 5.95. The van der Waals surface area contributed by atoms with Crippen LogP contribution in [0.2, 0.25) is 0 Å². The molecule has 2 N–H and O–H groups in total. The van der Waals surface area contributed by atoms with Gasteiger partial charge in [0.15, 0.2) is 11.5 Å². The average molecular weight is 449 g/mol. The second-order valence-electron chi connectivity index (χ2n) is 8.12. The Balaban J connectivity index is 1.53. The maximum Gasteiger partial charge on any atom is 0.316 e. The molecule has 5 rings (SSSR count). The number of amides is 1. The highest BCUT2D eigenvalue weighted by atomic mass is 19.1. The van der Waals surface area contributed by atoms with E-state index in [1.807, 2.05) is 13.1 Å². The van der Waals surface area contributed by atoms with Crippen LogP contribution >= 0.6 is 0 Å². The highest BCUT2D eigenvalue weighted by molar-refractivity contribution is 6.13. The minimum absolute atomic E-state index is 0.171. The Morgan fingerprint density at radius 3 is 2.88 bits per heavy atom. The van der Waals surface area contributed by atoms with Gasteiger partial charge in [0.2, 0.25) is 0 Å². The van der Waals surface area contributed by atoms with Crippen molar-refractivity contribution in [1.29, 1.82) is 0 Å². The maximum absolute atomic E-state index is 14.5. The molecule has 0 aliphatic carbocycles. The molecule has 4 aromatic rings. The highest BCUT2D eigenvalue weighted by Gasteiger charge is 2.25. The van der Waals surface area contributed by atoms with Crippen molar-refractivity contribution in [1.82, 2.24) is 24.7 Å². The smallest absolute Gasteiger partial charge is 0.316 e. The van der Waals surface area contributed by atoms with E-state index in [9.17, 15) is 9.18 Å². The lowest BCUT2D eigenvalue weighted by molar-refractivity contribution is 0.102. The molecular formula is C23H24FN7O2. The van der Waals surface area contributed by atoms with Gasteiger partial charge in [-0.1, -0.05) is 0 Å². The predicted molar refractivity (Wildman–Crippen MR) is 124 cm³/mol. The molecule has 170 valence electrons. The van der Waals surface area contributed by atoms with Crippen molar-refractivity contribution in [3.63, 3.8) is 0 Å². The summed E-state index contributed by atoms with van der Waals surface area (Å²) in [4.78, 5) is 28.4. The molecule has 0 unspecified atom stereocenters. The third kappa shape index (κ3) is 3.82. The fourth-order valence-corrected chi connectivity index (χ4v) is 4.31. The molecule has 1 fully saturated rings. The van der Waals surface area contributed by atoms with E-state index in [0.717, 1.165) is 30.6 Å². The summed E-state index contributed by atoms with van der Waals surface area (Å²) in [5, 5.41) is 6.85. The Labute approximate surface area is 189 Å². The summed E-state index contributed by atoms with van der Waals surface area (Å²) in [7, 11) is 3.44. The first-order chi connectivity index (χ1) is 16.0. The van der Waals surface area contributed by atoms with E-state index in [1.54, 1.807) is 36.0 Å². The number of aryl methyl sites for hydroxylation is 1. The SMILES string of the molecule is CN[C@@H]1CCN(c2ccc(C(=O)Nc3cc(F)c4nc(C)cn4c3)c3nc(OC)ncc23)C1. The number of benzene rings is 1. The average Bonchev–Trinajstić information content (AvgIpc) is 3.44. The molecule has 0 radical (unpaired) electrons. The van der Waals surface area contributed by atoms with E-state index in [-0.39, 0.29) is 11.7 Å². The molecule has 4 heterocycles. The summed E-state index contributed by atoms with van der Waals surface area (Å²) in [6.45, 7) is 3.53. The van der Waals surface area contributed by atoms with Crippen molar-refractivity contribution >= 4 is 33.8 Å². The summed E-state index contributed by atoms with van der Waals surface area (Å²) < 4.78 is 21.2. The zero-order valence-electron chi connectivity index (χ0n) is 18.6. The first-order valence-electron chi connectivity index (χ1n) is 10.7. The van der Waals surface area contributed by atoms with Gasteiger partial charge in [0.1, 0.15) is 0 Å². The molecule has 1 aromatic carbocycles. The van der Waals surface area contributed by atoms with Crippen LogP contribution < -0.4 is 20.3 Å². The third-order valence-electron chi connectivity index (χ3n) is 5.95.